The van der Waals surface area contributed by atoms with Crippen molar-refractivity contribution in [3.8, 4) is 6.07 Å². The molecule has 0 aliphatic carbocycles. The molecule has 0 heterocycles. The average molecular weight is 365 g/mol. The summed E-state index contributed by atoms with van der Waals surface area (Å²) >= 11 is 13.4. The number of hydrogen-bond donors (Lipinski definition) is 1. The van der Waals surface area contributed by atoms with Crippen LogP contribution in [0.4, 0.5) is 5.69 Å². The summed E-state index contributed by atoms with van der Waals surface area (Å²) < 4.78 is 0. The van der Waals surface area contributed by atoms with Crippen molar-refractivity contribution in [1.29, 1.82) is 5.26 Å². The molecular weight excluding hydrogens is 351 g/mol. The molecule has 0 aliphatic rings. The Labute approximate surface area is 149 Å². The second kappa shape index (κ2) is 8.83. The van der Waals surface area contributed by atoms with Crippen molar-refractivity contribution in [3.63, 3.8) is 0 Å². The van der Waals surface area contributed by atoms with Gasteiger partial charge in [-0.15, -0.1) is 11.8 Å². The van der Waals surface area contributed by atoms with Crippen molar-refractivity contribution in [2.75, 3.05) is 11.1 Å². The van der Waals surface area contributed by atoms with Crippen LogP contribution in [-0.2, 0) is 17.0 Å². The molecule has 2 aromatic rings. The molecule has 0 aromatic heterocycles. The molecule has 0 spiro atoms. The van der Waals surface area contributed by atoms with Crippen LogP contribution < -0.4 is 5.32 Å². The van der Waals surface area contributed by atoms with Crippen LogP contribution in [0.25, 0.3) is 0 Å². The van der Waals surface area contributed by atoms with Crippen LogP contribution in [0.2, 0.25) is 10.0 Å². The van der Waals surface area contributed by atoms with Gasteiger partial charge in [0.15, 0.2) is 0 Å². The van der Waals surface area contributed by atoms with Gasteiger partial charge in [0, 0.05) is 21.5 Å². The van der Waals surface area contributed by atoms with Gasteiger partial charge < -0.3 is 5.32 Å². The highest BCUT2D eigenvalue weighted by atomic mass is 35.5. The maximum absolute atomic E-state index is 11.9. The Morgan fingerprint density at radius 3 is 2.57 bits per heavy atom. The molecule has 0 aliphatic heterocycles. The first-order chi connectivity index (χ1) is 11.1. The third-order valence-corrected chi connectivity index (χ3v) is 4.60. The predicted molar refractivity (Wildman–Crippen MR) is 97.0 cm³/mol. The van der Waals surface area contributed by atoms with Crippen molar-refractivity contribution in [1.82, 2.24) is 0 Å². The zero-order valence-corrected chi connectivity index (χ0v) is 14.5. The van der Waals surface area contributed by atoms with Gasteiger partial charge in [0.1, 0.15) is 0 Å². The Balaban J connectivity index is 1.80. The number of halogens is 2. The molecule has 0 bridgehead atoms. The summed E-state index contributed by atoms with van der Waals surface area (Å²) in [5.74, 6) is 0.900. The van der Waals surface area contributed by atoms with E-state index in [9.17, 15) is 4.79 Å². The average Bonchev–Trinajstić information content (AvgIpc) is 2.52. The number of amides is 1. The maximum atomic E-state index is 11.9. The van der Waals surface area contributed by atoms with E-state index >= 15 is 0 Å². The second-order valence-electron chi connectivity index (χ2n) is 4.81. The molecule has 0 saturated carbocycles. The number of rotatable bonds is 6. The standard InChI is InChI=1S/C17H14Cl2N2OS/c18-14-4-3-13(16(19)9-14)10-23-11-17(22)21-15-5-1-12(2-6-15)7-8-20/h1-6,9H,7,10-11H2,(H,21,22). The van der Waals surface area contributed by atoms with Crippen LogP contribution in [0.5, 0.6) is 0 Å². The molecular formula is C17H14Cl2N2OS. The van der Waals surface area contributed by atoms with Crippen LogP contribution in [0.3, 0.4) is 0 Å². The Morgan fingerprint density at radius 1 is 1.17 bits per heavy atom. The fraction of sp³-hybridized carbons (Fsp3) is 0.176. The van der Waals surface area contributed by atoms with Gasteiger partial charge in [-0.3, -0.25) is 4.79 Å². The smallest absolute Gasteiger partial charge is 0.234 e. The number of carbonyl (C=O) groups is 1. The van der Waals surface area contributed by atoms with Crippen molar-refractivity contribution in [2.24, 2.45) is 0 Å². The van der Waals surface area contributed by atoms with Gasteiger partial charge in [0.05, 0.1) is 18.2 Å². The molecule has 0 radical (unpaired) electrons. The van der Waals surface area contributed by atoms with E-state index < -0.39 is 0 Å². The number of hydrogen-bond acceptors (Lipinski definition) is 3. The number of nitrogens with one attached hydrogen (secondary N) is 1. The number of carbonyl (C=O) groups excluding carboxylic acids is 1. The van der Waals surface area contributed by atoms with E-state index in [0.29, 0.717) is 28.0 Å². The number of nitriles is 1. The van der Waals surface area contributed by atoms with Crippen molar-refractivity contribution >= 4 is 46.6 Å². The van der Waals surface area contributed by atoms with Crippen LogP contribution in [-0.4, -0.2) is 11.7 Å². The SMILES string of the molecule is N#CCc1ccc(NC(=O)CSCc2ccc(Cl)cc2Cl)cc1. The number of nitrogens with zero attached hydrogens (tertiary/aromatic N) is 1. The summed E-state index contributed by atoms with van der Waals surface area (Å²) in [6.07, 6.45) is 0.367. The van der Waals surface area contributed by atoms with Gasteiger partial charge in [-0.25, -0.2) is 0 Å². The summed E-state index contributed by atoms with van der Waals surface area (Å²) in [7, 11) is 0. The van der Waals surface area contributed by atoms with E-state index in [1.54, 1.807) is 24.3 Å². The zero-order valence-electron chi connectivity index (χ0n) is 12.2. The fourth-order valence-corrected chi connectivity index (χ4v) is 3.27. The predicted octanol–water partition coefficient (Wildman–Crippen LogP) is 4.93. The van der Waals surface area contributed by atoms with Crippen LogP contribution in [0, 0.1) is 11.3 Å². The minimum Gasteiger partial charge on any atom is -0.325 e. The monoisotopic (exact) mass is 364 g/mol. The summed E-state index contributed by atoms with van der Waals surface area (Å²) in [5.41, 5.74) is 2.61. The van der Waals surface area contributed by atoms with E-state index in [1.165, 1.54) is 11.8 Å². The molecule has 23 heavy (non-hydrogen) atoms. The Bertz CT molecular complexity index is 726. The molecule has 1 N–H and O–H groups in total. The van der Waals surface area contributed by atoms with Crippen LogP contribution >= 0.6 is 35.0 Å². The largest absolute Gasteiger partial charge is 0.325 e. The van der Waals surface area contributed by atoms with Crippen LogP contribution in [0.15, 0.2) is 42.5 Å². The number of thioether (sulfide) groups is 1. The molecule has 0 fully saturated rings. The minimum atomic E-state index is -0.0758. The number of benzene rings is 2. The highest BCUT2D eigenvalue weighted by molar-refractivity contribution is 7.99. The highest BCUT2D eigenvalue weighted by Crippen LogP contribution is 2.24. The minimum absolute atomic E-state index is 0.0758. The van der Waals surface area contributed by atoms with E-state index in [0.717, 1.165) is 16.8 Å². The second-order valence-corrected chi connectivity index (χ2v) is 6.64. The molecule has 118 valence electrons. The Hall–Kier alpha value is -1.67. The van der Waals surface area contributed by atoms with Gasteiger partial charge >= 0.3 is 0 Å². The third kappa shape index (κ3) is 5.80. The normalized spacial score (nSPS) is 10.1. The van der Waals surface area contributed by atoms with E-state index in [4.69, 9.17) is 28.5 Å². The van der Waals surface area contributed by atoms with Crippen molar-refractivity contribution < 1.29 is 4.79 Å². The molecule has 0 saturated heterocycles. The number of anilines is 1. The summed E-state index contributed by atoms with van der Waals surface area (Å²) in [4.78, 5) is 11.9. The Morgan fingerprint density at radius 2 is 1.91 bits per heavy atom. The molecule has 3 nitrogen and oxygen atoms in total. The lowest BCUT2D eigenvalue weighted by Crippen LogP contribution is -2.14. The van der Waals surface area contributed by atoms with Gasteiger partial charge in [-0.05, 0) is 35.4 Å². The first-order valence-electron chi connectivity index (χ1n) is 6.86. The lowest BCUT2D eigenvalue weighted by molar-refractivity contribution is -0.113. The van der Waals surface area contributed by atoms with E-state index in [1.807, 2.05) is 18.2 Å². The molecule has 6 heteroatoms. The van der Waals surface area contributed by atoms with Crippen LogP contribution in [0.1, 0.15) is 11.1 Å². The van der Waals surface area contributed by atoms with Gasteiger partial charge in [0.25, 0.3) is 0 Å². The van der Waals surface area contributed by atoms with Gasteiger partial charge in [0.2, 0.25) is 5.91 Å². The molecule has 2 aromatic carbocycles. The van der Waals surface area contributed by atoms with Gasteiger partial charge in [-0.2, -0.15) is 5.26 Å². The lowest BCUT2D eigenvalue weighted by atomic mass is 10.1. The maximum Gasteiger partial charge on any atom is 0.234 e. The van der Waals surface area contributed by atoms with Crippen molar-refractivity contribution in [3.05, 3.63) is 63.6 Å². The summed E-state index contributed by atoms with van der Waals surface area (Å²) in [5, 5.41) is 12.7. The molecule has 0 atom stereocenters. The molecule has 2 rings (SSSR count). The third-order valence-electron chi connectivity index (χ3n) is 3.03. The first-order valence-corrected chi connectivity index (χ1v) is 8.77. The van der Waals surface area contributed by atoms with E-state index in [2.05, 4.69) is 11.4 Å². The highest BCUT2D eigenvalue weighted by Gasteiger charge is 2.06. The van der Waals surface area contributed by atoms with Gasteiger partial charge in [-0.1, -0.05) is 41.4 Å². The zero-order chi connectivity index (χ0) is 16.7. The molecule has 1 amide bonds. The topological polar surface area (TPSA) is 52.9 Å². The summed E-state index contributed by atoms with van der Waals surface area (Å²) in [6, 6.07) is 14.7. The van der Waals surface area contributed by atoms with E-state index in [-0.39, 0.29) is 5.91 Å². The van der Waals surface area contributed by atoms with Crippen molar-refractivity contribution in [2.45, 2.75) is 12.2 Å². The Kier molecular flexibility index (Phi) is 6.79. The molecule has 0 unspecified atom stereocenters. The summed E-state index contributed by atoms with van der Waals surface area (Å²) in [6.45, 7) is 0. The first kappa shape index (κ1) is 17.7. The lowest BCUT2D eigenvalue weighted by Gasteiger charge is -2.07. The fourth-order valence-electron chi connectivity index (χ4n) is 1.89. The quantitative estimate of drug-likeness (QED) is 0.790.